The van der Waals surface area contributed by atoms with Crippen molar-refractivity contribution in [2.75, 3.05) is 26.2 Å². The van der Waals surface area contributed by atoms with E-state index in [0.717, 1.165) is 43.3 Å². The van der Waals surface area contributed by atoms with E-state index >= 15 is 0 Å². The summed E-state index contributed by atoms with van der Waals surface area (Å²) in [7, 11) is 0. The number of pyridine rings is 1. The molecule has 1 aliphatic heterocycles. The van der Waals surface area contributed by atoms with Gasteiger partial charge in [-0.05, 0) is 36.7 Å². The lowest BCUT2D eigenvalue weighted by molar-refractivity contribution is 0.208. The van der Waals surface area contributed by atoms with E-state index in [0.29, 0.717) is 0 Å². The minimum atomic E-state index is 0.281. The minimum absolute atomic E-state index is 0.281. The second-order valence-electron chi connectivity index (χ2n) is 5.70. The van der Waals surface area contributed by atoms with E-state index in [1.54, 1.807) is 0 Å². The quantitative estimate of drug-likeness (QED) is 0.938. The Morgan fingerprint density at radius 1 is 1.09 bits per heavy atom. The lowest BCUT2D eigenvalue weighted by Gasteiger charge is -2.31. The summed E-state index contributed by atoms with van der Waals surface area (Å²) in [6, 6.07) is 14.6. The van der Waals surface area contributed by atoms with Crippen molar-refractivity contribution < 1.29 is 0 Å². The van der Waals surface area contributed by atoms with Crippen LogP contribution in [0.3, 0.4) is 0 Å². The molecule has 1 aromatic carbocycles. The van der Waals surface area contributed by atoms with Gasteiger partial charge in [-0.15, -0.1) is 0 Å². The Labute approximate surface area is 137 Å². The van der Waals surface area contributed by atoms with Crippen LogP contribution in [0.25, 0.3) is 0 Å². The topological polar surface area (TPSA) is 28.2 Å². The Bertz CT molecular complexity index is 580. The summed E-state index contributed by atoms with van der Waals surface area (Å²) in [5, 5.41) is 4.32. The summed E-state index contributed by atoms with van der Waals surface area (Å²) in [4.78, 5) is 7.04. The average Bonchev–Trinajstić information content (AvgIpc) is 2.84. The van der Waals surface area contributed by atoms with E-state index in [4.69, 9.17) is 11.6 Å². The van der Waals surface area contributed by atoms with Crippen molar-refractivity contribution in [3.63, 3.8) is 0 Å². The van der Waals surface area contributed by atoms with E-state index in [1.165, 1.54) is 12.0 Å². The molecule has 1 atom stereocenters. The summed E-state index contributed by atoms with van der Waals surface area (Å²) >= 11 is 6.48. The number of hydrogen-bond acceptors (Lipinski definition) is 3. The van der Waals surface area contributed by atoms with Crippen molar-refractivity contribution in [3.8, 4) is 0 Å². The van der Waals surface area contributed by atoms with Crippen LogP contribution in [-0.4, -0.2) is 36.1 Å². The van der Waals surface area contributed by atoms with Crippen LogP contribution < -0.4 is 5.32 Å². The van der Waals surface area contributed by atoms with Gasteiger partial charge in [-0.3, -0.25) is 9.88 Å². The number of rotatable bonds is 4. The van der Waals surface area contributed by atoms with Gasteiger partial charge in [-0.25, -0.2) is 0 Å². The molecule has 2 heterocycles. The molecule has 3 nitrogen and oxygen atoms in total. The molecule has 1 aliphatic rings. The molecule has 0 aliphatic carbocycles. The van der Waals surface area contributed by atoms with Gasteiger partial charge in [0.1, 0.15) is 0 Å². The van der Waals surface area contributed by atoms with Gasteiger partial charge in [0.05, 0.1) is 0 Å². The molecular formula is C18H22ClN3. The fourth-order valence-electron chi connectivity index (χ4n) is 3.08. The molecule has 1 fully saturated rings. The summed E-state index contributed by atoms with van der Waals surface area (Å²) in [6.45, 7) is 4.26. The number of nitrogens with one attached hydrogen (secondary N) is 1. The van der Waals surface area contributed by atoms with Crippen molar-refractivity contribution >= 4 is 11.6 Å². The third-order valence-corrected chi connectivity index (χ3v) is 4.55. The molecule has 0 spiro atoms. The standard InChI is InChI=1S/C18H22ClN3/c19-17-8-2-1-7-16(17)18(14-15-6-3-4-10-21-15)22-12-5-9-20-11-13-22/h1-4,6-8,10,18,20H,5,9,11-14H2. The predicted molar refractivity (Wildman–Crippen MR) is 91.2 cm³/mol. The van der Waals surface area contributed by atoms with Crippen LogP contribution in [0.4, 0.5) is 0 Å². The van der Waals surface area contributed by atoms with Gasteiger partial charge in [0, 0.05) is 49.0 Å². The minimum Gasteiger partial charge on any atom is -0.315 e. The highest BCUT2D eigenvalue weighted by Gasteiger charge is 2.23. The van der Waals surface area contributed by atoms with Crippen LogP contribution in [0.2, 0.25) is 5.02 Å². The van der Waals surface area contributed by atoms with Gasteiger partial charge in [-0.1, -0.05) is 35.9 Å². The van der Waals surface area contributed by atoms with E-state index in [9.17, 15) is 0 Å². The molecule has 0 bridgehead atoms. The second-order valence-corrected chi connectivity index (χ2v) is 6.11. The molecule has 0 amide bonds. The molecule has 1 unspecified atom stereocenters. The lowest BCUT2D eigenvalue weighted by Crippen LogP contribution is -2.33. The first-order chi connectivity index (χ1) is 10.8. The van der Waals surface area contributed by atoms with E-state index in [1.807, 2.05) is 24.4 Å². The SMILES string of the molecule is Clc1ccccc1C(Cc1ccccn1)N1CCCNCC1. The van der Waals surface area contributed by atoms with Crippen LogP contribution >= 0.6 is 11.6 Å². The number of benzene rings is 1. The molecule has 1 saturated heterocycles. The third kappa shape index (κ3) is 3.86. The molecule has 0 radical (unpaired) electrons. The Morgan fingerprint density at radius 3 is 2.77 bits per heavy atom. The smallest absolute Gasteiger partial charge is 0.0454 e. The first-order valence-electron chi connectivity index (χ1n) is 7.94. The fourth-order valence-corrected chi connectivity index (χ4v) is 3.34. The number of halogens is 1. The van der Waals surface area contributed by atoms with Crippen molar-refractivity contribution in [1.82, 2.24) is 15.2 Å². The van der Waals surface area contributed by atoms with Gasteiger partial charge in [0.25, 0.3) is 0 Å². The van der Waals surface area contributed by atoms with E-state index < -0.39 is 0 Å². The zero-order valence-electron chi connectivity index (χ0n) is 12.7. The molecule has 22 heavy (non-hydrogen) atoms. The zero-order chi connectivity index (χ0) is 15.2. The molecular weight excluding hydrogens is 294 g/mol. The first-order valence-corrected chi connectivity index (χ1v) is 8.31. The number of aromatic nitrogens is 1. The molecule has 4 heteroatoms. The molecule has 1 aromatic heterocycles. The zero-order valence-corrected chi connectivity index (χ0v) is 13.5. The van der Waals surface area contributed by atoms with Gasteiger partial charge >= 0.3 is 0 Å². The Morgan fingerprint density at radius 2 is 1.95 bits per heavy atom. The Balaban J connectivity index is 1.89. The Kier molecular flexibility index (Phi) is 5.43. The van der Waals surface area contributed by atoms with Crippen LogP contribution in [0.1, 0.15) is 23.7 Å². The van der Waals surface area contributed by atoms with Crippen LogP contribution in [0.15, 0.2) is 48.7 Å². The van der Waals surface area contributed by atoms with Crippen LogP contribution in [-0.2, 0) is 6.42 Å². The van der Waals surface area contributed by atoms with Gasteiger partial charge in [0.15, 0.2) is 0 Å². The second kappa shape index (κ2) is 7.73. The highest BCUT2D eigenvalue weighted by molar-refractivity contribution is 6.31. The van der Waals surface area contributed by atoms with Gasteiger partial charge < -0.3 is 5.32 Å². The largest absolute Gasteiger partial charge is 0.315 e. The summed E-state index contributed by atoms with van der Waals surface area (Å²) in [5.74, 6) is 0. The summed E-state index contributed by atoms with van der Waals surface area (Å²) in [5.41, 5.74) is 2.32. The monoisotopic (exact) mass is 315 g/mol. The molecule has 0 saturated carbocycles. The van der Waals surface area contributed by atoms with Crippen LogP contribution in [0, 0.1) is 0 Å². The average molecular weight is 316 g/mol. The third-order valence-electron chi connectivity index (χ3n) is 4.21. The fraction of sp³-hybridized carbons (Fsp3) is 0.389. The number of nitrogens with zero attached hydrogens (tertiary/aromatic N) is 2. The van der Waals surface area contributed by atoms with Crippen LogP contribution in [0.5, 0.6) is 0 Å². The summed E-state index contributed by atoms with van der Waals surface area (Å²) < 4.78 is 0. The van der Waals surface area contributed by atoms with Crippen molar-refractivity contribution in [3.05, 3.63) is 64.9 Å². The molecule has 3 rings (SSSR count). The predicted octanol–water partition coefficient (Wildman–Crippen LogP) is 3.31. The number of hydrogen-bond donors (Lipinski definition) is 1. The van der Waals surface area contributed by atoms with Crippen molar-refractivity contribution in [2.45, 2.75) is 18.9 Å². The maximum atomic E-state index is 6.48. The molecule has 1 N–H and O–H groups in total. The maximum Gasteiger partial charge on any atom is 0.0454 e. The maximum absolute atomic E-state index is 6.48. The van der Waals surface area contributed by atoms with E-state index in [2.05, 4.69) is 39.5 Å². The molecule has 116 valence electrons. The lowest BCUT2D eigenvalue weighted by atomic mass is 9.99. The van der Waals surface area contributed by atoms with E-state index in [-0.39, 0.29) is 6.04 Å². The first kappa shape index (κ1) is 15.5. The summed E-state index contributed by atoms with van der Waals surface area (Å²) in [6.07, 6.45) is 3.93. The Hall–Kier alpha value is -1.42. The van der Waals surface area contributed by atoms with Gasteiger partial charge in [-0.2, -0.15) is 0 Å². The highest BCUT2D eigenvalue weighted by atomic mass is 35.5. The van der Waals surface area contributed by atoms with Crippen molar-refractivity contribution in [1.29, 1.82) is 0 Å². The van der Waals surface area contributed by atoms with Gasteiger partial charge in [0.2, 0.25) is 0 Å². The normalized spacial score (nSPS) is 17.9. The van der Waals surface area contributed by atoms with Crippen molar-refractivity contribution in [2.24, 2.45) is 0 Å². The highest BCUT2D eigenvalue weighted by Crippen LogP contribution is 2.30. The molecule has 2 aromatic rings.